The maximum absolute atomic E-state index is 13.2. The van der Waals surface area contributed by atoms with Gasteiger partial charge in [-0.15, -0.1) is 11.8 Å². The Bertz CT molecular complexity index is 1130. The number of fused-ring (bicyclic) bond motifs is 1. The Morgan fingerprint density at radius 2 is 1.97 bits per heavy atom. The number of benzene rings is 2. The Morgan fingerprint density at radius 3 is 2.69 bits per heavy atom. The van der Waals surface area contributed by atoms with Crippen molar-refractivity contribution in [2.45, 2.75) is 18.4 Å². The van der Waals surface area contributed by atoms with Crippen molar-refractivity contribution in [3.05, 3.63) is 83.1 Å². The first kappa shape index (κ1) is 19.9. The molecule has 7 heteroatoms. The average molecular weight is 440 g/mol. The zero-order valence-electron chi connectivity index (χ0n) is 15.7. The van der Waals surface area contributed by atoms with Gasteiger partial charge in [0.25, 0.3) is 0 Å². The number of halogens is 1. The van der Waals surface area contributed by atoms with E-state index in [2.05, 4.69) is 4.98 Å². The fourth-order valence-electron chi connectivity index (χ4n) is 2.88. The zero-order valence-corrected chi connectivity index (χ0v) is 18.1. The van der Waals surface area contributed by atoms with Crippen molar-refractivity contribution in [1.82, 2.24) is 9.97 Å². The van der Waals surface area contributed by atoms with Gasteiger partial charge in [-0.3, -0.25) is 14.7 Å². The van der Waals surface area contributed by atoms with Gasteiger partial charge in [0.05, 0.1) is 22.5 Å². The number of pyridine rings is 1. The molecule has 29 heavy (non-hydrogen) atoms. The Morgan fingerprint density at radius 1 is 1.14 bits per heavy atom. The van der Waals surface area contributed by atoms with Gasteiger partial charge in [0.2, 0.25) is 5.91 Å². The lowest BCUT2D eigenvalue weighted by atomic mass is 10.2. The van der Waals surface area contributed by atoms with Crippen molar-refractivity contribution >= 4 is 56.0 Å². The number of aryl methyl sites for hydroxylation is 1. The highest BCUT2D eigenvalue weighted by Gasteiger charge is 2.21. The number of amides is 1. The van der Waals surface area contributed by atoms with E-state index in [0.717, 1.165) is 26.2 Å². The summed E-state index contributed by atoms with van der Waals surface area (Å²) in [7, 11) is 0. The summed E-state index contributed by atoms with van der Waals surface area (Å²) in [6.07, 6.45) is 3.51. The molecule has 0 aliphatic carbocycles. The van der Waals surface area contributed by atoms with Gasteiger partial charge in [-0.25, -0.2) is 4.98 Å². The van der Waals surface area contributed by atoms with E-state index in [-0.39, 0.29) is 5.91 Å². The third kappa shape index (κ3) is 4.78. The highest BCUT2D eigenvalue weighted by molar-refractivity contribution is 8.00. The molecule has 0 atom stereocenters. The minimum Gasteiger partial charge on any atom is -0.283 e. The third-order valence-corrected chi connectivity index (χ3v) is 6.67. The lowest BCUT2D eigenvalue weighted by Gasteiger charge is -2.19. The lowest BCUT2D eigenvalue weighted by Crippen LogP contribution is -2.31. The molecular weight excluding hydrogens is 422 g/mol. The quantitative estimate of drug-likeness (QED) is 0.347. The molecule has 1 amide bonds. The topological polar surface area (TPSA) is 46.1 Å². The predicted molar refractivity (Wildman–Crippen MR) is 122 cm³/mol. The number of thioether (sulfide) groups is 1. The number of carbonyl (C=O) groups excluding carboxylic acids is 1. The lowest BCUT2D eigenvalue weighted by molar-refractivity contribution is -0.116. The van der Waals surface area contributed by atoms with Crippen LogP contribution in [0.3, 0.4) is 0 Å². The van der Waals surface area contributed by atoms with Crippen LogP contribution in [0.1, 0.15) is 11.1 Å². The van der Waals surface area contributed by atoms with E-state index in [1.807, 2.05) is 61.5 Å². The third-order valence-electron chi connectivity index (χ3n) is 4.38. The maximum atomic E-state index is 13.2. The van der Waals surface area contributed by atoms with Crippen LogP contribution in [0.4, 0.5) is 5.13 Å². The van der Waals surface area contributed by atoms with E-state index in [4.69, 9.17) is 16.6 Å². The van der Waals surface area contributed by atoms with E-state index in [1.54, 1.807) is 17.3 Å². The van der Waals surface area contributed by atoms with Crippen LogP contribution < -0.4 is 4.90 Å². The Balaban J connectivity index is 1.60. The first-order valence-electron chi connectivity index (χ1n) is 9.04. The van der Waals surface area contributed by atoms with E-state index >= 15 is 0 Å². The number of para-hydroxylation sites is 1. The van der Waals surface area contributed by atoms with Crippen molar-refractivity contribution in [2.75, 3.05) is 10.7 Å². The van der Waals surface area contributed by atoms with E-state index in [0.29, 0.717) is 22.5 Å². The number of thiazole rings is 1. The molecular formula is C22H18ClN3OS2. The second kappa shape index (κ2) is 8.95. The SMILES string of the molecule is Cc1cccc2sc(N(Cc3cccnc3)C(=O)CSc3ccc(Cl)cc3)nc12. The number of aromatic nitrogens is 2. The summed E-state index contributed by atoms with van der Waals surface area (Å²) >= 11 is 8.98. The van der Waals surface area contributed by atoms with Gasteiger partial charge in [0.15, 0.2) is 5.13 Å². The first-order valence-corrected chi connectivity index (χ1v) is 11.2. The summed E-state index contributed by atoms with van der Waals surface area (Å²) in [5.74, 6) is 0.321. The standard InChI is InChI=1S/C22H18ClN3OS2/c1-15-4-2-6-19-21(15)25-22(29-19)26(13-16-5-3-11-24-12-16)20(27)14-28-18-9-7-17(23)8-10-18/h2-12H,13-14H2,1H3. The van der Waals surface area contributed by atoms with Crippen LogP contribution in [0.25, 0.3) is 10.2 Å². The van der Waals surface area contributed by atoms with E-state index < -0.39 is 0 Å². The minimum absolute atomic E-state index is 0.00510. The van der Waals surface area contributed by atoms with E-state index in [9.17, 15) is 4.79 Å². The molecule has 2 aromatic carbocycles. The highest BCUT2D eigenvalue weighted by atomic mass is 35.5. The molecule has 0 unspecified atom stereocenters. The number of carbonyl (C=O) groups is 1. The zero-order chi connectivity index (χ0) is 20.2. The molecule has 0 aliphatic rings. The molecule has 2 heterocycles. The molecule has 0 fully saturated rings. The largest absolute Gasteiger partial charge is 0.283 e. The smallest absolute Gasteiger partial charge is 0.239 e. The molecule has 0 spiro atoms. The molecule has 0 radical (unpaired) electrons. The van der Waals surface area contributed by atoms with Gasteiger partial charge >= 0.3 is 0 Å². The summed E-state index contributed by atoms with van der Waals surface area (Å²) in [5, 5.41) is 1.39. The monoisotopic (exact) mass is 439 g/mol. The van der Waals surface area contributed by atoms with Crippen LogP contribution in [0.2, 0.25) is 5.02 Å². The minimum atomic E-state index is 0.00510. The van der Waals surface area contributed by atoms with E-state index in [1.165, 1.54) is 23.1 Å². The Hall–Kier alpha value is -2.41. The van der Waals surface area contributed by atoms with Gasteiger partial charge in [-0.05, 0) is 54.4 Å². The Labute approximate surface area is 182 Å². The molecule has 0 bridgehead atoms. The normalized spacial score (nSPS) is 11.0. The second-order valence-electron chi connectivity index (χ2n) is 6.50. The first-order chi connectivity index (χ1) is 14.1. The molecule has 0 N–H and O–H groups in total. The summed E-state index contributed by atoms with van der Waals surface area (Å²) in [6.45, 7) is 2.47. The molecule has 0 saturated carbocycles. The second-order valence-corrected chi connectivity index (χ2v) is 9.00. The van der Waals surface area contributed by atoms with Gasteiger partial charge in [-0.1, -0.05) is 41.1 Å². The van der Waals surface area contributed by atoms with Crippen LogP contribution in [0, 0.1) is 6.92 Å². The molecule has 4 rings (SSSR count). The van der Waals surface area contributed by atoms with Gasteiger partial charge in [-0.2, -0.15) is 0 Å². The fraction of sp³-hybridized carbons (Fsp3) is 0.136. The molecule has 0 saturated heterocycles. The molecule has 4 aromatic rings. The van der Waals surface area contributed by atoms with Crippen molar-refractivity contribution in [3.8, 4) is 0 Å². The van der Waals surface area contributed by atoms with Gasteiger partial charge < -0.3 is 0 Å². The number of hydrogen-bond acceptors (Lipinski definition) is 5. The summed E-state index contributed by atoms with van der Waals surface area (Å²) in [5.41, 5.74) is 3.02. The Kier molecular flexibility index (Phi) is 6.13. The number of rotatable bonds is 6. The van der Waals surface area contributed by atoms with Gasteiger partial charge in [0, 0.05) is 22.3 Å². The van der Waals surface area contributed by atoms with Crippen LogP contribution in [-0.4, -0.2) is 21.6 Å². The summed E-state index contributed by atoms with van der Waals surface area (Å²) < 4.78 is 1.08. The summed E-state index contributed by atoms with van der Waals surface area (Å²) in [4.78, 5) is 24.9. The van der Waals surface area contributed by atoms with Crippen molar-refractivity contribution < 1.29 is 4.79 Å². The maximum Gasteiger partial charge on any atom is 0.239 e. The molecule has 2 aromatic heterocycles. The number of nitrogens with zero attached hydrogens (tertiary/aromatic N) is 3. The van der Waals surface area contributed by atoms with Crippen LogP contribution in [0.15, 0.2) is 71.9 Å². The van der Waals surface area contributed by atoms with Crippen molar-refractivity contribution in [2.24, 2.45) is 0 Å². The predicted octanol–water partition coefficient (Wildman–Crippen LogP) is 5.98. The van der Waals surface area contributed by atoms with Crippen molar-refractivity contribution in [1.29, 1.82) is 0 Å². The molecule has 0 aliphatic heterocycles. The molecule has 4 nitrogen and oxygen atoms in total. The molecule has 146 valence electrons. The van der Waals surface area contributed by atoms with Crippen LogP contribution >= 0.6 is 34.7 Å². The highest BCUT2D eigenvalue weighted by Crippen LogP contribution is 2.32. The van der Waals surface area contributed by atoms with Crippen LogP contribution in [-0.2, 0) is 11.3 Å². The number of hydrogen-bond donors (Lipinski definition) is 0. The van der Waals surface area contributed by atoms with Gasteiger partial charge in [0.1, 0.15) is 0 Å². The fourth-order valence-corrected chi connectivity index (χ4v) is 4.84. The van der Waals surface area contributed by atoms with Crippen LogP contribution in [0.5, 0.6) is 0 Å². The van der Waals surface area contributed by atoms with Crippen molar-refractivity contribution in [3.63, 3.8) is 0 Å². The average Bonchev–Trinajstić information content (AvgIpc) is 3.17. The summed E-state index contributed by atoms with van der Waals surface area (Å²) in [6, 6.07) is 17.5. The number of anilines is 1.